The van der Waals surface area contributed by atoms with Crippen LogP contribution in [0.1, 0.15) is 29.6 Å². The van der Waals surface area contributed by atoms with Gasteiger partial charge in [-0.25, -0.2) is 0 Å². The first kappa shape index (κ1) is 18.0. The first-order valence-electron chi connectivity index (χ1n) is 8.41. The largest absolute Gasteiger partial charge is 0.457 e. The van der Waals surface area contributed by atoms with Crippen LogP contribution in [0.4, 0.5) is 0 Å². The second kappa shape index (κ2) is 9.73. The third-order valence-corrected chi connectivity index (χ3v) is 3.66. The van der Waals surface area contributed by atoms with Crippen molar-refractivity contribution in [2.75, 3.05) is 27.2 Å². The van der Waals surface area contributed by atoms with Crippen molar-refractivity contribution in [3.05, 3.63) is 60.2 Å². The molecule has 4 heteroatoms. The van der Waals surface area contributed by atoms with Crippen LogP contribution in [-0.4, -0.2) is 38.0 Å². The van der Waals surface area contributed by atoms with Gasteiger partial charge in [0.1, 0.15) is 11.5 Å². The minimum atomic E-state index is -0.0335. The molecule has 0 unspecified atom stereocenters. The van der Waals surface area contributed by atoms with E-state index in [2.05, 4.69) is 24.3 Å². The van der Waals surface area contributed by atoms with Crippen LogP contribution in [0.2, 0.25) is 0 Å². The Balaban J connectivity index is 1.73. The Kier molecular flexibility index (Phi) is 7.30. The number of rotatable bonds is 9. The smallest absolute Gasteiger partial charge is 0.251 e. The maximum absolute atomic E-state index is 12.1. The van der Waals surface area contributed by atoms with Gasteiger partial charge in [0.25, 0.3) is 5.91 Å². The summed E-state index contributed by atoms with van der Waals surface area (Å²) in [6, 6.07) is 16.8. The van der Waals surface area contributed by atoms with Crippen LogP contribution in [0, 0.1) is 0 Å². The number of nitrogens with one attached hydrogen (secondary N) is 1. The van der Waals surface area contributed by atoms with Gasteiger partial charge in [-0.1, -0.05) is 24.6 Å². The molecule has 2 aromatic rings. The van der Waals surface area contributed by atoms with E-state index in [-0.39, 0.29) is 5.91 Å². The molecule has 0 aliphatic rings. The molecule has 0 spiro atoms. The number of amides is 1. The average molecular weight is 326 g/mol. The Morgan fingerprint density at radius 3 is 2.25 bits per heavy atom. The van der Waals surface area contributed by atoms with Crippen LogP contribution in [0.3, 0.4) is 0 Å². The van der Waals surface area contributed by atoms with Gasteiger partial charge in [-0.05, 0) is 69.9 Å². The predicted molar refractivity (Wildman–Crippen MR) is 97.7 cm³/mol. The standard InChI is InChI=1S/C20H26N2O2/c1-22(2)16-8-4-7-15-21-20(23)17-11-13-19(14-12-17)24-18-9-5-3-6-10-18/h3,5-6,9-14H,4,7-8,15-16H2,1-2H3,(H,21,23). The molecule has 0 saturated heterocycles. The lowest BCUT2D eigenvalue weighted by Crippen LogP contribution is -2.24. The Hall–Kier alpha value is -2.33. The van der Waals surface area contributed by atoms with Crippen LogP contribution < -0.4 is 10.1 Å². The van der Waals surface area contributed by atoms with E-state index in [1.54, 1.807) is 12.1 Å². The Labute approximate surface area is 144 Å². The molecule has 4 nitrogen and oxygen atoms in total. The number of nitrogens with zero attached hydrogens (tertiary/aromatic N) is 1. The van der Waals surface area contributed by atoms with E-state index < -0.39 is 0 Å². The number of benzene rings is 2. The van der Waals surface area contributed by atoms with E-state index >= 15 is 0 Å². The molecule has 0 atom stereocenters. The van der Waals surface area contributed by atoms with Crippen molar-refractivity contribution in [3.8, 4) is 11.5 Å². The van der Waals surface area contributed by atoms with E-state index in [0.717, 1.165) is 37.3 Å². The molecule has 1 N–H and O–H groups in total. The molecular formula is C20H26N2O2. The topological polar surface area (TPSA) is 41.6 Å². The highest BCUT2D eigenvalue weighted by atomic mass is 16.5. The zero-order chi connectivity index (χ0) is 17.2. The van der Waals surface area contributed by atoms with Gasteiger partial charge >= 0.3 is 0 Å². The zero-order valence-electron chi connectivity index (χ0n) is 14.5. The normalized spacial score (nSPS) is 10.6. The Bertz CT molecular complexity index is 609. The fraction of sp³-hybridized carbons (Fsp3) is 0.350. The zero-order valence-corrected chi connectivity index (χ0v) is 14.5. The molecule has 1 amide bonds. The van der Waals surface area contributed by atoms with Crippen molar-refractivity contribution in [2.45, 2.75) is 19.3 Å². The second-order valence-corrected chi connectivity index (χ2v) is 6.06. The number of unbranched alkanes of at least 4 members (excludes halogenated alkanes) is 2. The quantitative estimate of drug-likeness (QED) is 0.710. The summed E-state index contributed by atoms with van der Waals surface area (Å²) in [5.74, 6) is 1.47. The minimum absolute atomic E-state index is 0.0335. The highest BCUT2D eigenvalue weighted by Crippen LogP contribution is 2.21. The van der Waals surface area contributed by atoms with E-state index in [0.29, 0.717) is 12.1 Å². The Morgan fingerprint density at radius 2 is 1.58 bits per heavy atom. The fourth-order valence-corrected chi connectivity index (χ4v) is 2.33. The van der Waals surface area contributed by atoms with E-state index in [4.69, 9.17) is 4.74 Å². The molecule has 0 aliphatic carbocycles. The number of hydrogen-bond donors (Lipinski definition) is 1. The molecule has 24 heavy (non-hydrogen) atoms. The van der Waals surface area contributed by atoms with Gasteiger partial charge in [0.2, 0.25) is 0 Å². The molecule has 0 aliphatic heterocycles. The summed E-state index contributed by atoms with van der Waals surface area (Å²) in [6.07, 6.45) is 3.30. The van der Waals surface area contributed by atoms with Gasteiger partial charge < -0.3 is 15.0 Å². The summed E-state index contributed by atoms with van der Waals surface area (Å²) in [4.78, 5) is 14.3. The van der Waals surface area contributed by atoms with Crippen molar-refractivity contribution in [2.24, 2.45) is 0 Å². The molecule has 0 saturated carbocycles. The lowest BCUT2D eigenvalue weighted by Gasteiger charge is -2.09. The average Bonchev–Trinajstić information content (AvgIpc) is 2.59. The second-order valence-electron chi connectivity index (χ2n) is 6.06. The van der Waals surface area contributed by atoms with Gasteiger partial charge in [0, 0.05) is 12.1 Å². The number of hydrogen-bond acceptors (Lipinski definition) is 3. The van der Waals surface area contributed by atoms with Gasteiger partial charge in [0.15, 0.2) is 0 Å². The van der Waals surface area contributed by atoms with Crippen molar-refractivity contribution in [1.29, 1.82) is 0 Å². The third-order valence-electron chi connectivity index (χ3n) is 3.66. The van der Waals surface area contributed by atoms with Crippen molar-refractivity contribution < 1.29 is 9.53 Å². The maximum atomic E-state index is 12.1. The summed E-state index contributed by atoms with van der Waals surface area (Å²) in [7, 11) is 4.15. The van der Waals surface area contributed by atoms with Gasteiger partial charge in [-0.3, -0.25) is 4.79 Å². The van der Waals surface area contributed by atoms with Crippen molar-refractivity contribution >= 4 is 5.91 Å². The Morgan fingerprint density at radius 1 is 0.917 bits per heavy atom. The lowest BCUT2D eigenvalue weighted by atomic mass is 10.2. The summed E-state index contributed by atoms with van der Waals surface area (Å²) >= 11 is 0. The number of carbonyl (C=O) groups is 1. The molecule has 0 bridgehead atoms. The lowest BCUT2D eigenvalue weighted by molar-refractivity contribution is 0.0953. The van der Waals surface area contributed by atoms with Crippen LogP contribution in [0.5, 0.6) is 11.5 Å². The van der Waals surface area contributed by atoms with E-state index in [9.17, 15) is 4.79 Å². The first-order valence-corrected chi connectivity index (χ1v) is 8.41. The predicted octanol–water partition coefficient (Wildman–Crippen LogP) is 3.94. The minimum Gasteiger partial charge on any atom is -0.457 e. The summed E-state index contributed by atoms with van der Waals surface area (Å²) in [5, 5.41) is 2.96. The van der Waals surface area contributed by atoms with E-state index in [1.165, 1.54) is 0 Å². The number of para-hydroxylation sites is 1. The molecule has 0 heterocycles. The van der Waals surface area contributed by atoms with E-state index in [1.807, 2.05) is 42.5 Å². The summed E-state index contributed by atoms with van der Waals surface area (Å²) < 4.78 is 5.72. The van der Waals surface area contributed by atoms with Crippen molar-refractivity contribution in [3.63, 3.8) is 0 Å². The molecule has 2 aromatic carbocycles. The molecule has 128 valence electrons. The molecule has 0 aromatic heterocycles. The molecule has 0 fully saturated rings. The number of carbonyl (C=O) groups excluding carboxylic acids is 1. The molecular weight excluding hydrogens is 300 g/mol. The summed E-state index contributed by atoms with van der Waals surface area (Å²) in [6.45, 7) is 1.81. The maximum Gasteiger partial charge on any atom is 0.251 e. The fourth-order valence-electron chi connectivity index (χ4n) is 2.33. The van der Waals surface area contributed by atoms with Gasteiger partial charge in [-0.2, -0.15) is 0 Å². The van der Waals surface area contributed by atoms with Crippen LogP contribution in [0.25, 0.3) is 0 Å². The highest BCUT2D eigenvalue weighted by molar-refractivity contribution is 5.94. The van der Waals surface area contributed by atoms with Crippen LogP contribution in [-0.2, 0) is 0 Å². The number of ether oxygens (including phenoxy) is 1. The van der Waals surface area contributed by atoms with Gasteiger partial charge in [0.05, 0.1) is 0 Å². The SMILES string of the molecule is CN(C)CCCCCNC(=O)c1ccc(Oc2ccccc2)cc1. The molecule has 0 radical (unpaired) electrons. The van der Waals surface area contributed by atoms with Crippen molar-refractivity contribution in [1.82, 2.24) is 10.2 Å². The highest BCUT2D eigenvalue weighted by Gasteiger charge is 2.05. The summed E-state index contributed by atoms with van der Waals surface area (Å²) in [5.41, 5.74) is 0.656. The monoisotopic (exact) mass is 326 g/mol. The molecule has 2 rings (SSSR count). The van der Waals surface area contributed by atoms with Crippen LogP contribution >= 0.6 is 0 Å². The third kappa shape index (κ3) is 6.42. The van der Waals surface area contributed by atoms with Crippen LogP contribution in [0.15, 0.2) is 54.6 Å². The first-order chi connectivity index (χ1) is 11.6. The van der Waals surface area contributed by atoms with Gasteiger partial charge in [-0.15, -0.1) is 0 Å².